The molecule has 4 fully saturated rings. The van der Waals surface area contributed by atoms with Crippen molar-refractivity contribution >= 4 is 35.0 Å². The molecule has 2 N–H and O–H groups in total. The maximum atomic E-state index is 13.0. The van der Waals surface area contributed by atoms with E-state index in [1.165, 1.54) is 6.07 Å². The molecule has 3 amide bonds. The highest BCUT2D eigenvalue weighted by Crippen LogP contribution is 2.56. The number of nitrogens with zero attached hydrogens (tertiary/aromatic N) is 1. The Morgan fingerprint density at radius 3 is 2.21 bits per heavy atom. The van der Waals surface area contributed by atoms with E-state index in [2.05, 4.69) is 5.32 Å². The van der Waals surface area contributed by atoms with Crippen molar-refractivity contribution in [1.29, 1.82) is 0 Å². The van der Waals surface area contributed by atoms with Crippen LogP contribution in [0.15, 0.2) is 18.2 Å². The van der Waals surface area contributed by atoms with Crippen molar-refractivity contribution in [2.75, 3.05) is 5.32 Å². The van der Waals surface area contributed by atoms with Gasteiger partial charge in [0.05, 0.1) is 17.5 Å². The number of anilines is 1. The van der Waals surface area contributed by atoms with Crippen molar-refractivity contribution in [3.63, 3.8) is 0 Å². The zero-order valence-electron chi connectivity index (χ0n) is 16.1. The molecule has 4 aliphatic rings. The zero-order valence-corrected chi connectivity index (χ0v) is 16.9. The summed E-state index contributed by atoms with van der Waals surface area (Å²) < 4.78 is 0. The molecule has 1 heterocycles. The molecule has 0 radical (unpaired) electrons. The number of halogens is 1. The summed E-state index contributed by atoms with van der Waals surface area (Å²) in [7, 11) is 0. The van der Waals surface area contributed by atoms with Gasteiger partial charge in [0, 0.05) is 23.0 Å². The van der Waals surface area contributed by atoms with E-state index in [9.17, 15) is 19.5 Å². The van der Waals surface area contributed by atoms with E-state index < -0.39 is 0 Å². The number of hydrogen-bond donors (Lipinski definition) is 2. The number of fused-ring (bicyclic) bond motifs is 5. The second-order valence-electron chi connectivity index (χ2n) is 9.09. The van der Waals surface area contributed by atoms with E-state index in [4.69, 9.17) is 11.6 Å². The van der Waals surface area contributed by atoms with Gasteiger partial charge < -0.3 is 10.4 Å². The Bertz CT molecular complexity index is 852. The summed E-state index contributed by atoms with van der Waals surface area (Å²) in [5.74, 6) is 0.359. The first-order chi connectivity index (χ1) is 13.9. The highest BCUT2D eigenvalue weighted by atomic mass is 35.5. The van der Waals surface area contributed by atoms with Gasteiger partial charge in [-0.2, -0.15) is 0 Å². The predicted octanol–water partition coefficient (Wildman–Crippen LogP) is 3.57. The fourth-order valence-corrected chi connectivity index (χ4v) is 6.40. The van der Waals surface area contributed by atoms with Crippen LogP contribution >= 0.6 is 11.6 Å². The Morgan fingerprint density at radius 1 is 1.00 bits per heavy atom. The fourth-order valence-electron chi connectivity index (χ4n) is 6.23. The summed E-state index contributed by atoms with van der Waals surface area (Å²) in [6, 6.07) is 4.51. The number of carbonyl (C=O) groups is 3. The van der Waals surface area contributed by atoms with E-state index >= 15 is 0 Å². The van der Waals surface area contributed by atoms with Crippen LogP contribution in [0.3, 0.4) is 0 Å². The van der Waals surface area contributed by atoms with Crippen LogP contribution in [0, 0.1) is 29.6 Å². The summed E-state index contributed by atoms with van der Waals surface area (Å²) in [5.41, 5.74) is 0.342. The number of nitrogens with one attached hydrogen (secondary N) is 1. The number of imide groups is 1. The molecular weight excluding hydrogens is 392 g/mol. The number of benzene rings is 1. The lowest BCUT2D eigenvalue weighted by Gasteiger charge is -2.33. The van der Waals surface area contributed by atoms with Crippen molar-refractivity contribution in [3.8, 4) is 5.75 Å². The molecule has 1 aromatic carbocycles. The van der Waals surface area contributed by atoms with Crippen molar-refractivity contribution in [2.45, 2.75) is 51.0 Å². The number of likely N-dealkylation sites (tertiary alicyclic amines) is 1. The number of carbonyl (C=O) groups excluding carboxylic acids is 3. The Hall–Kier alpha value is -2.08. The van der Waals surface area contributed by atoms with Crippen molar-refractivity contribution < 1.29 is 19.5 Å². The lowest BCUT2D eigenvalue weighted by atomic mass is 9.81. The van der Waals surface area contributed by atoms with E-state index in [-0.39, 0.29) is 47.3 Å². The Labute approximate surface area is 174 Å². The molecule has 3 aliphatic carbocycles. The average molecular weight is 417 g/mol. The summed E-state index contributed by atoms with van der Waals surface area (Å²) >= 11 is 5.83. The number of phenols is 1. The molecule has 2 bridgehead atoms. The number of phenolic OH excluding ortho intramolecular Hbond substituents is 1. The molecule has 4 unspecified atom stereocenters. The van der Waals surface area contributed by atoms with Gasteiger partial charge in [-0.3, -0.25) is 19.3 Å². The predicted molar refractivity (Wildman–Crippen MR) is 107 cm³/mol. The first-order valence-electron chi connectivity index (χ1n) is 10.6. The smallest absolute Gasteiger partial charge is 0.233 e. The minimum atomic E-state index is -0.190. The quantitative estimate of drug-likeness (QED) is 0.582. The average Bonchev–Trinajstić information content (AvgIpc) is 3.38. The standard InChI is InChI=1S/C22H25ClN2O4/c23-14-5-8-16(17(26)10-14)24-20(27)11-3-6-15(7-4-11)25-21(28)18-12-1-2-13(9-12)19(18)22(25)29/h5,8,10-13,15,18-19,26H,1-4,6-7,9H2,(H,24,27). The van der Waals surface area contributed by atoms with Crippen LogP contribution in [0.5, 0.6) is 5.75 Å². The third kappa shape index (κ3) is 3.03. The highest BCUT2D eigenvalue weighted by Gasteiger charge is 2.61. The Kier molecular flexibility index (Phi) is 4.57. The molecule has 29 heavy (non-hydrogen) atoms. The SMILES string of the molecule is O=C(Nc1ccc(Cl)cc1O)C1CCC(N2C(=O)C3C4CCC(C4)C3C2=O)CC1. The normalized spacial score (nSPS) is 35.8. The molecule has 6 nitrogen and oxygen atoms in total. The fraction of sp³-hybridized carbons (Fsp3) is 0.591. The maximum Gasteiger partial charge on any atom is 0.233 e. The third-order valence-corrected chi connectivity index (χ3v) is 7.85. The van der Waals surface area contributed by atoms with Crippen LogP contribution in [0.4, 0.5) is 5.69 Å². The van der Waals surface area contributed by atoms with Crippen molar-refractivity contribution in [1.82, 2.24) is 4.90 Å². The second kappa shape index (κ2) is 7.01. The molecule has 1 saturated heterocycles. The van der Waals surface area contributed by atoms with Crippen LogP contribution in [0.25, 0.3) is 0 Å². The number of rotatable bonds is 3. The topological polar surface area (TPSA) is 86.7 Å². The molecule has 7 heteroatoms. The largest absolute Gasteiger partial charge is 0.506 e. The number of amides is 3. The molecular formula is C22H25ClN2O4. The van der Waals surface area contributed by atoms with Gasteiger partial charge in [-0.1, -0.05) is 11.6 Å². The van der Waals surface area contributed by atoms with E-state index in [0.29, 0.717) is 48.2 Å². The molecule has 5 rings (SSSR count). The van der Waals surface area contributed by atoms with Crippen LogP contribution < -0.4 is 5.32 Å². The molecule has 0 aromatic heterocycles. The third-order valence-electron chi connectivity index (χ3n) is 7.61. The van der Waals surface area contributed by atoms with Gasteiger partial charge in [0.2, 0.25) is 17.7 Å². The van der Waals surface area contributed by atoms with Gasteiger partial charge in [-0.15, -0.1) is 0 Å². The summed E-state index contributed by atoms with van der Waals surface area (Å²) in [4.78, 5) is 40.2. The van der Waals surface area contributed by atoms with E-state index in [1.807, 2.05) is 0 Å². The Morgan fingerprint density at radius 2 is 1.62 bits per heavy atom. The summed E-state index contributed by atoms with van der Waals surface area (Å²) in [6.07, 6.45) is 5.81. The van der Waals surface area contributed by atoms with Gasteiger partial charge in [0.1, 0.15) is 5.75 Å². The minimum absolute atomic E-state index is 0.0474. The van der Waals surface area contributed by atoms with Gasteiger partial charge in [-0.25, -0.2) is 0 Å². The molecule has 0 spiro atoms. The number of hydrogen-bond acceptors (Lipinski definition) is 4. The van der Waals surface area contributed by atoms with E-state index in [0.717, 1.165) is 19.3 Å². The van der Waals surface area contributed by atoms with Crippen LogP contribution in [-0.4, -0.2) is 33.8 Å². The van der Waals surface area contributed by atoms with Crippen LogP contribution in [0.1, 0.15) is 44.9 Å². The first-order valence-corrected chi connectivity index (χ1v) is 11.0. The summed E-state index contributed by atoms with van der Waals surface area (Å²) in [6.45, 7) is 0. The molecule has 3 saturated carbocycles. The first kappa shape index (κ1) is 18.9. The highest BCUT2D eigenvalue weighted by molar-refractivity contribution is 6.30. The molecule has 154 valence electrons. The monoisotopic (exact) mass is 416 g/mol. The maximum absolute atomic E-state index is 13.0. The Balaban J connectivity index is 1.21. The molecule has 1 aromatic rings. The minimum Gasteiger partial charge on any atom is -0.506 e. The number of aromatic hydroxyl groups is 1. The lowest BCUT2D eigenvalue weighted by Crippen LogP contribution is -2.44. The second-order valence-corrected chi connectivity index (χ2v) is 9.52. The molecule has 1 aliphatic heterocycles. The summed E-state index contributed by atoms with van der Waals surface area (Å²) in [5, 5.41) is 13.1. The lowest BCUT2D eigenvalue weighted by molar-refractivity contribution is -0.144. The van der Waals surface area contributed by atoms with Crippen molar-refractivity contribution in [2.24, 2.45) is 29.6 Å². The van der Waals surface area contributed by atoms with Gasteiger partial charge >= 0.3 is 0 Å². The zero-order chi connectivity index (χ0) is 20.3. The van der Waals surface area contributed by atoms with E-state index in [1.54, 1.807) is 17.0 Å². The van der Waals surface area contributed by atoms with Gasteiger partial charge in [0.25, 0.3) is 0 Å². The van der Waals surface area contributed by atoms with Gasteiger partial charge in [0.15, 0.2) is 0 Å². The van der Waals surface area contributed by atoms with Crippen molar-refractivity contribution in [3.05, 3.63) is 23.2 Å². The molecule has 4 atom stereocenters. The van der Waals surface area contributed by atoms with Gasteiger partial charge in [-0.05, 0) is 68.9 Å². The van der Waals surface area contributed by atoms with Crippen LogP contribution in [0.2, 0.25) is 5.02 Å². The van der Waals surface area contributed by atoms with Crippen LogP contribution in [-0.2, 0) is 14.4 Å².